The van der Waals surface area contributed by atoms with E-state index < -0.39 is 17.0 Å². The molecule has 0 aliphatic heterocycles. The molecule has 54 valence electrons. The largest absolute Gasteiger partial charge is 0.478 e. The van der Waals surface area contributed by atoms with Gasteiger partial charge in [-0.3, -0.25) is 4.55 Å². The molecule has 0 atom stereocenters. The normalized spacial score (nSPS) is 7.33. The summed E-state index contributed by atoms with van der Waals surface area (Å²) in [6.07, 6.45) is 0.833. The van der Waals surface area contributed by atoms with Gasteiger partial charge >= 0.3 is 5.97 Å². The van der Waals surface area contributed by atoms with Crippen molar-refractivity contribution in [3.05, 3.63) is 12.7 Å². The van der Waals surface area contributed by atoms with Crippen molar-refractivity contribution < 1.29 is 22.9 Å². The molecule has 0 aromatic rings. The van der Waals surface area contributed by atoms with Crippen molar-refractivity contribution >= 4 is 17.0 Å². The second-order valence-corrected chi connectivity index (χ2v) is 1.26. The quantitative estimate of drug-likeness (QED) is 0.264. The Morgan fingerprint density at radius 3 is 1.67 bits per heavy atom. The van der Waals surface area contributed by atoms with E-state index in [0.717, 1.165) is 6.08 Å². The lowest BCUT2D eigenvalue weighted by molar-refractivity contribution is -0.131. The number of carboxylic acids is 1. The monoisotopic (exact) mass is 154 g/mol. The molecular weight excluding hydrogens is 148 g/mol. The van der Waals surface area contributed by atoms with E-state index in [1.807, 2.05) is 0 Å². The highest BCUT2D eigenvalue weighted by molar-refractivity contribution is 7.66. The zero-order chi connectivity index (χ0) is 7.86. The molecule has 0 unspecified atom stereocenters. The van der Waals surface area contributed by atoms with Crippen molar-refractivity contribution in [2.24, 2.45) is 0 Å². The third kappa shape index (κ3) is 149. The van der Waals surface area contributed by atoms with Gasteiger partial charge in [0, 0.05) is 6.08 Å². The van der Waals surface area contributed by atoms with Crippen molar-refractivity contribution in [1.82, 2.24) is 0 Å². The second-order valence-electron chi connectivity index (χ2n) is 0.780. The van der Waals surface area contributed by atoms with Gasteiger partial charge in [0.1, 0.15) is 0 Å². The standard InChI is InChI=1S/C3H4O2.H2O3S/c1-2-3(4)5;1-4(2)3/h2H,1H2,(H,4,5);4H,(H,1,2,3). The molecule has 0 radical (unpaired) electrons. The molecule has 0 aromatic heterocycles. The number of carboxylic acid groups (broad SMARTS) is 1. The van der Waals surface area contributed by atoms with Crippen molar-refractivity contribution in [1.29, 1.82) is 0 Å². The minimum atomic E-state index is -3.12. The number of carbonyl (C=O) groups is 1. The topological polar surface area (TPSA) is 91.7 Å². The summed E-state index contributed by atoms with van der Waals surface area (Å²) in [5.74, 6) is -0.981. The van der Waals surface area contributed by atoms with Gasteiger partial charge in [-0.05, 0) is 0 Å². The third-order valence-electron chi connectivity index (χ3n) is 0.175. The summed E-state index contributed by atoms with van der Waals surface area (Å²) in [4.78, 5) is 9.25. The van der Waals surface area contributed by atoms with Gasteiger partial charge in [0.05, 0.1) is 0 Å². The van der Waals surface area contributed by atoms with Crippen LogP contribution in [0.2, 0.25) is 0 Å². The molecule has 0 aliphatic rings. The van der Waals surface area contributed by atoms with Crippen LogP contribution >= 0.6 is 0 Å². The fourth-order valence-electron chi connectivity index (χ4n) is 0. The van der Waals surface area contributed by atoms with Gasteiger partial charge in [-0.1, -0.05) is 6.58 Å². The molecule has 0 rings (SSSR count). The molecule has 0 spiro atoms. The number of hydrogen-bond donors (Lipinski definition) is 3. The van der Waals surface area contributed by atoms with Gasteiger partial charge in [0.2, 0.25) is 0 Å². The molecule has 9 heavy (non-hydrogen) atoms. The molecule has 0 fully saturated rings. The number of aliphatic carboxylic acids is 1. The maximum absolute atomic E-state index is 9.25. The van der Waals surface area contributed by atoms with Crippen LogP contribution in [0.15, 0.2) is 12.7 Å². The molecule has 6 heteroatoms. The molecule has 2 N–H and O–H groups in total. The minimum absolute atomic E-state index is 0.833. The lowest BCUT2D eigenvalue weighted by Crippen LogP contribution is -1.82. The van der Waals surface area contributed by atoms with Crippen LogP contribution in [0.25, 0.3) is 0 Å². The Bertz CT molecular complexity index is 150. The molecule has 0 amide bonds. The van der Waals surface area contributed by atoms with Gasteiger partial charge in [-0.2, -0.15) is 0 Å². The van der Waals surface area contributed by atoms with Crippen molar-refractivity contribution in [2.75, 3.05) is 0 Å². The fraction of sp³-hybridized carbons (Fsp3) is 0. The Hall–Kier alpha value is -0.880. The Kier molecular flexibility index (Phi) is 8.69. The van der Waals surface area contributed by atoms with E-state index in [4.69, 9.17) is 18.1 Å². The molecule has 0 bridgehead atoms. The first kappa shape index (κ1) is 11.0. The fourth-order valence-corrected chi connectivity index (χ4v) is 0. The summed E-state index contributed by atoms with van der Waals surface area (Å²) in [6, 6.07) is 0. The van der Waals surface area contributed by atoms with Crippen molar-refractivity contribution in [2.45, 2.75) is 0 Å². The van der Waals surface area contributed by atoms with Crippen LogP contribution in [-0.4, -0.2) is 24.0 Å². The lowest BCUT2D eigenvalue weighted by Gasteiger charge is -1.64. The smallest absolute Gasteiger partial charge is 0.327 e. The molecule has 0 aliphatic carbocycles. The zero-order valence-electron chi connectivity index (χ0n) is 4.35. The summed E-state index contributed by atoms with van der Waals surface area (Å²) in [7, 11) is -3.12. The van der Waals surface area contributed by atoms with E-state index in [0.29, 0.717) is 0 Å². The lowest BCUT2D eigenvalue weighted by atomic mass is 10.7. The maximum atomic E-state index is 9.25. The average molecular weight is 154 g/mol. The molecule has 0 heterocycles. The average Bonchev–Trinajstić information content (AvgIpc) is 1.65. The van der Waals surface area contributed by atoms with E-state index in [-0.39, 0.29) is 0 Å². The van der Waals surface area contributed by atoms with Crippen molar-refractivity contribution in [3.8, 4) is 0 Å². The predicted molar refractivity (Wildman–Crippen MR) is 30.8 cm³/mol. The van der Waals surface area contributed by atoms with Gasteiger partial charge in [-0.15, -0.1) is 0 Å². The number of hydrogen-bond acceptors (Lipinski definition) is 3. The van der Waals surface area contributed by atoms with E-state index in [1.165, 1.54) is 0 Å². The van der Waals surface area contributed by atoms with Crippen LogP contribution in [0, 0.1) is 0 Å². The molecule has 0 saturated carbocycles. The Morgan fingerprint density at radius 1 is 1.56 bits per heavy atom. The highest BCUT2D eigenvalue weighted by Crippen LogP contribution is 1.54. The van der Waals surface area contributed by atoms with Crippen LogP contribution in [-0.2, 0) is 15.8 Å². The zero-order valence-corrected chi connectivity index (χ0v) is 5.25. The highest BCUT2D eigenvalue weighted by Gasteiger charge is 1.73. The van der Waals surface area contributed by atoms with Gasteiger partial charge < -0.3 is 5.11 Å². The Labute approximate surface area is 53.4 Å². The van der Waals surface area contributed by atoms with Crippen LogP contribution in [0.5, 0.6) is 0 Å². The van der Waals surface area contributed by atoms with Crippen molar-refractivity contribution in [3.63, 3.8) is 0 Å². The minimum Gasteiger partial charge on any atom is -0.478 e. The molecule has 5 nitrogen and oxygen atoms in total. The van der Waals surface area contributed by atoms with Gasteiger partial charge in [0.15, 0.2) is 0 Å². The Balaban J connectivity index is 0. The number of thiol groups is 1. The van der Waals surface area contributed by atoms with Crippen LogP contribution in [0.3, 0.4) is 0 Å². The van der Waals surface area contributed by atoms with E-state index in [9.17, 15) is 4.79 Å². The van der Waals surface area contributed by atoms with Crippen LogP contribution in [0.4, 0.5) is 0 Å². The molecular formula is C3H6O5S. The summed E-state index contributed by atoms with van der Waals surface area (Å²) >= 11 is 0. The highest BCUT2D eigenvalue weighted by atomic mass is 32.2. The van der Waals surface area contributed by atoms with Gasteiger partial charge in [-0.25, -0.2) is 13.2 Å². The van der Waals surface area contributed by atoms with Gasteiger partial charge in [0.25, 0.3) is 11.0 Å². The first-order valence-corrected chi connectivity index (χ1v) is 2.82. The maximum Gasteiger partial charge on any atom is 0.327 e. The first-order valence-electron chi connectivity index (χ1n) is 1.69. The molecule has 0 aromatic carbocycles. The Morgan fingerprint density at radius 2 is 1.67 bits per heavy atom. The van der Waals surface area contributed by atoms with E-state index in [1.54, 1.807) is 0 Å². The first-order chi connectivity index (χ1) is 4.00. The van der Waals surface area contributed by atoms with E-state index >= 15 is 0 Å². The third-order valence-corrected chi connectivity index (χ3v) is 0.175. The summed E-state index contributed by atoms with van der Waals surface area (Å²) in [6.45, 7) is 2.96. The second kappa shape index (κ2) is 7.12. The van der Waals surface area contributed by atoms with E-state index in [2.05, 4.69) is 6.58 Å². The number of rotatable bonds is 1. The summed E-state index contributed by atoms with van der Waals surface area (Å²) < 4.78 is 24.2. The predicted octanol–water partition coefficient (Wildman–Crippen LogP) is -0.672. The summed E-state index contributed by atoms with van der Waals surface area (Å²) in [5, 5.41) is 7.60. The SMILES string of the molecule is C=CC(=O)O.O=[SH](=O)O. The summed E-state index contributed by atoms with van der Waals surface area (Å²) in [5.41, 5.74) is 0. The van der Waals surface area contributed by atoms with Crippen LogP contribution in [0.1, 0.15) is 0 Å². The molecule has 0 saturated heterocycles. The van der Waals surface area contributed by atoms with Crippen LogP contribution < -0.4 is 0 Å².